The molecular weight excluding hydrogens is 554 g/mol. The molecule has 0 aliphatic carbocycles. The van der Waals surface area contributed by atoms with E-state index in [0.29, 0.717) is 19.5 Å². The number of aliphatic hydroxyl groups excluding tert-OH is 1. The molecule has 4 N–H and O–H groups in total. The summed E-state index contributed by atoms with van der Waals surface area (Å²) < 4.78 is 2.20. The summed E-state index contributed by atoms with van der Waals surface area (Å²) in [5.41, 5.74) is 3.79. The van der Waals surface area contributed by atoms with Crippen LogP contribution in [0.2, 0.25) is 0 Å². The molecule has 44 heavy (non-hydrogen) atoms. The summed E-state index contributed by atoms with van der Waals surface area (Å²) in [6.07, 6.45) is 3.49. The second-order valence-electron chi connectivity index (χ2n) is 12.2. The molecular formula is C35H49N5O4. The second-order valence-corrected chi connectivity index (χ2v) is 12.2. The molecule has 9 nitrogen and oxygen atoms in total. The van der Waals surface area contributed by atoms with E-state index in [4.69, 9.17) is 0 Å². The molecule has 1 heterocycles. The van der Waals surface area contributed by atoms with Gasteiger partial charge in [-0.1, -0.05) is 88.4 Å². The molecule has 0 fully saturated rings. The highest BCUT2D eigenvalue weighted by molar-refractivity contribution is 5.83. The summed E-state index contributed by atoms with van der Waals surface area (Å²) in [6.45, 7) is 9.39. The number of hydrogen-bond acceptors (Lipinski definition) is 5. The van der Waals surface area contributed by atoms with Crippen LogP contribution in [0.4, 0.5) is 0 Å². The van der Waals surface area contributed by atoms with Gasteiger partial charge >= 0.3 is 0 Å². The highest BCUT2D eigenvalue weighted by atomic mass is 16.3. The molecule has 2 unspecified atom stereocenters. The Labute approximate surface area is 262 Å². The van der Waals surface area contributed by atoms with E-state index in [1.165, 1.54) is 0 Å². The molecule has 2 atom stereocenters. The zero-order valence-electron chi connectivity index (χ0n) is 26.8. The molecule has 3 rings (SSSR count). The molecule has 0 bridgehead atoms. The van der Waals surface area contributed by atoms with Crippen molar-refractivity contribution in [2.24, 2.45) is 5.41 Å². The average Bonchev–Trinajstić information content (AvgIpc) is 3.42. The SMILES string of the molecule is CCCNC(CCN(C(=O)CO)C(c1cc(-c2ccccc2)cn1Cc1ccccc1)C(C)(C)C)C(=O)NCCC(=O)NC. The van der Waals surface area contributed by atoms with Crippen molar-refractivity contribution in [1.82, 2.24) is 25.4 Å². The van der Waals surface area contributed by atoms with Crippen LogP contribution < -0.4 is 16.0 Å². The highest BCUT2D eigenvalue weighted by Crippen LogP contribution is 2.41. The molecule has 0 saturated carbocycles. The molecule has 0 aliphatic heterocycles. The molecule has 9 heteroatoms. The Kier molecular flexibility index (Phi) is 13.2. The fraction of sp³-hybridized carbons (Fsp3) is 0.457. The van der Waals surface area contributed by atoms with Crippen molar-refractivity contribution in [1.29, 1.82) is 0 Å². The summed E-state index contributed by atoms with van der Waals surface area (Å²) in [4.78, 5) is 40.0. The quantitative estimate of drug-likeness (QED) is 0.197. The summed E-state index contributed by atoms with van der Waals surface area (Å²) in [7, 11) is 1.56. The third-order valence-corrected chi connectivity index (χ3v) is 7.65. The standard InChI is InChI=1S/C35H49N5O4/c1-6-19-37-29(34(44)38-20-17-31(42)36-5)18-21-40(32(43)25-41)33(35(2,3)4)30-22-28(27-15-11-8-12-16-27)24-39(30)23-26-13-9-7-10-14-26/h7-16,22,24,29,33,37,41H,6,17-21,23,25H2,1-5H3,(H,36,42)(H,38,44). The van der Waals surface area contributed by atoms with Crippen molar-refractivity contribution in [3.05, 3.63) is 84.2 Å². The zero-order valence-corrected chi connectivity index (χ0v) is 26.8. The summed E-state index contributed by atoms with van der Waals surface area (Å²) >= 11 is 0. The van der Waals surface area contributed by atoms with Crippen LogP contribution >= 0.6 is 0 Å². The summed E-state index contributed by atoms with van der Waals surface area (Å²) in [5, 5.41) is 18.8. The van der Waals surface area contributed by atoms with E-state index in [2.05, 4.69) is 77.8 Å². The minimum atomic E-state index is -0.636. The fourth-order valence-corrected chi connectivity index (χ4v) is 5.48. The number of benzene rings is 2. The van der Waals surface area contributed by atoms with Crippen molar-refractivity contribution < 1.29 is 19.5 Å². The van der Waals surface area contributed by atoms with Crippen LogP contribution in [-0.4, -0.2) is 71.6 Å². The first-order valence-electron chi connectivity index (χ1n) is 15.5. The first-order chi connectivity index (χ1) is 21.1. The predicted octanol–water partition coefficient (Wildman–Crippen LogP) is 4.12. The van der Waals surface area contributed by atoms with Crippen molar-refractivity contribution in [3.63, 3.8) is 0 Å². The van der Waals surface area contributed by atoms with Crippen LogP contribution in [0.1, 0.15) is 64.3 Å². The van der Waals surface area contributed by atoms with Gasteiger partial charge in [0.15, 0.2) is 0 Å². The molecule has 0 spiro atoms. The lowest BCUT2D eigenvalue weighted by Gasteiger charge is -2.41. The van der Waals surface area contributed by atoms with E-state index in [-0.39, 0.29) is 31.3 Å². The van der Waals surface area contributed by atoms with Crippen LogP contribution in [-0.2, 0) is 20.9 Å². The summed E-state index contributed by atoms with van der Waals surface area (Å²) in [6, 6.07) is 21.5. The Morgan fingerprint density at radius 1 is 0.955 bits per heavy atom. The van der Waals surface area contributed by atoms with Crippen molar-refractivity contribution in [2.45, 2.75) is 65.6 Å². The molecule has 238 valence electrons. The Morgan fingerprint density at radius 3 is 2.20 bits per heavy atom. The minimum Gasteiger partial charge on any atom is -0.387 e. The summed E-state index contributed by atoms with van der Waals surface area (Å²) in [5.74, 6) is -0.762. The maximum atomic E-state index is 13.5. The average molecular weight is 604 g/mol. The number of carbonyl (C=O) groups is 3. The maximum Gasteiger partial charge on any atom is 0.248 e. The first-order valence-corrected chi connectivity index (χ1v) is 15.5. The third-order valence-electron chi connectivity index (χ3n) is 7.65. The van der Waals surface area contributed by atoms with Gasteiger partial charge in [-0.2, -0.15) is 0 Å². The maximum absolute atomic E-state index is 13.5. The Bertz CT molecular complexity index is 1330. The first kappa shape index (κ1) is 34.5. The zero-order chi connectivity index (χ0) is 32.1. The number of amides is 3. The number of hydrogen-bond donors (Lipinski definition) is 4. The van der Waals surface area contributed by atoms with Crippen molar-refractivity contribution in [3.8, 4) is 11.1 Å². The molecule has 0 radical (unpaired) electrons. The number of aliphatic hydroxyl groups is 1. The predicted molar refractivity (Wildman–Crippen MR) is 175 cm³/mol. The van der Waals surface area contributed by atoms with E-state index < -0.39 is 30.0 Å². The van der Waals surface area contributed by atoms with Gasteiger partial charge in [0.05, 0.1) is 12.1 Å². The molecule has 1 aromatic heterocycles. The Hall–Kier alpha value is -3.95. The van der Waals surface area contributed by atoms with E-state index in [0.717, 1.165) is 28.8 Å². The monoisotopic (exact) mass is 603 g/mol. The number of nitrogens with zero attached hydrogens (tertiary/aromatic N) is 2. The van der Waals surface area contributed by atoms with Crippen LogP contribution in [0.25, 0.3) is 11.1 Å². The topological polar surface area (TPSA) is 116 Å². The van der Waals surface area contributed by atoms with Gasteiger partial charge in [-0.15, -0.1) is 0 Å². The Balaban J connectivity index is 1.99. The lowest BCUT2D eigenvalue weighted by Crippen LogP contribution is -2.49. The largest absolute Gasteiger partial charge is 0.387 e. The number of nitrogens with one attached hydrogen (secondary N) is 3. The highest BCUT2D eigenvalue weighted by Gasteiger charge is 2.37. The van der Waals surface area contributed by atoms with Crippen LogP contribution in [0.5, 0.6) is 0 Å². The lowest BCUT2D eigenvalue weighted by molar-refractivity contribution is -0.140. The Morgan fingerprint density at radius 2 is 1.61 bits per heavy atom. The fourth-order valence-electron chi connectivity index (χ4n) is 5.48. The molecule has 3 aromatic rings. The van der Waals surface area contributed by atoms with Gasteiger partial charge in [-0.25, -0.2) is 0 Å². The van der Waals surface area contributed by atoms with E-state index in [1.54, 1.807) is 11.9 Å². The van der Waals surface area contributed by atoms with Gasteiger partial charge in [0.2, 0.25) is 17.7 Å². The van der Waals surface area contributed by atoms with Crippen molar-refractivity contribution in [2.75, 3.05) is 33.3 Å². The molecule has 3 amide bonds. The van der Waals surface area contributed by atoms with Crippen molar-refractivity contribution >= 4 is 17.7 Å². The number of carbonyl (C=O) groups excluding carboxylic acids is 3. The van der Waals surface area contributed by atoms with Gasteiger partial charge in [-0.05, 0) is 47.6 Å². The van der Waals surface area contributed by atoms with Gasteiger partial charge in [-0.3, -0.25) is 14.4 Å². The van der Waals surface area contributed by atoms with E-state index in [1.807, 2.05) is 43.3 Å². The van der Waals surface area contributed by atoms with Gasteiger partial charge in [0.25, 0.3) is 0 Å². The van der Waals surface area contributed by atoms with Crippen LogP contribution in [0.3, 0.4) is 0 Å². The third kappa shape index (κ3) is 9.79. The smallest absolute Gasteiger partial charge is 0.248 e. The molecule has 0 aliphatic rings. The van der Waals surface area contributed by atoms with Crippen LogP contribution in [0, 0.1) is 5.41 Å². The number of rotatable bonds is 16. The van der Waals surface area contributed by atoms with Gasteiger partial charge in [0.1, 0.15) is 6.61 Å². The normalized spacial score (nSPS) is 12.8. The van der Waals surface area contributed by atoms with E-state index in [9.17, 15) is 19.5 Å². The molecule has 2 aromatic carbocycles. The van der Waals surface area contributed by atoms with Crippen LogP contribution in [0.15, 0.2) is 72.9 Å². The van der Waals surface area contributed by atoms with Gasteiger partial charge < -0.3 is 30.5 Å². The molecule has 0 saturated heterocycles. The second kappa shape index (κ2) is 16.8. The lowest BCUT2D eigenvalue weighted by atomic mass is 9.82. The van der Waals surface area contributed by atoms with E-state index >= 15 is 0 Å². The number of aromatic nitrogens is 1. The van der Waals surface area contributed by atoms with Gasteiger partial charge in [0, 0.05) is 45.0 Å². The minimum absolute atomic E-state index is 0.149.